The smallest absolute Gasteiger partial charge is 0.392 e. The summed E-state index contributed by atoms with van der Waals surface area (Å²) in [4.78, 5) is 0.0760. The first-order valence-corrected chi connectivity index (χ1v) is 14.1. The van der Waals surface area contributed by atoms with Crippen LogP contribution in [0.5, 0.6) is 0 Å². The molecule has 228 valence electrons. The zero-order valence-corrected chi connectivity index (χ0v) is 25.6. The van der Waals surface area contributed by atoms with Gasteiger partial charge in [-0.15, -0.1) is 5.10 Å². The SMILES string of the molecule is C=C/C(=C\C=C(/C)NC)SC(F)(F)F.CC.Cn1nnnc1C1=CN(C2CN(CO)N=C2c2ccc(Cl)cc2)N=CC1. The van der Waals surface area contributed by atoms with Crippen LogP contribution < -0.4 is 5.32 Å². The van der Waals surface area contributed by atoms with Gasteiger partial charge in [0.05, 0.1) is 12.3 Å². The minimum Gasteiger partial charge on any atom is -0.392 e. The molecular weight excluding hydrogens is 591 g/mol. The number of aliphatic hydroxyl groups excluding tert-OH is 1. The lowest BCUT2D eigenvalue weighted by Gasteiger charge is -2.27. The summed E-state index contributed by atoms with van der Waals surface area (Å²) in [7, 11) is 3.50. The molecule has 2 aliphatic heterocycles. The standard InChI is InChI=1S/C16H17ClN8O.C9H12F3NS.C2H6/c1-23-16(19-21-22-23)12-6-7-18-25(8-12)14-9-24(10-26)20-15(14)11-2-4-13(17)5-3-11;1-4-8(14-9(10,11)12)6-5-7(2)13-3;1-2/h2-5,7-8,14,26H,6,9-10H2,1H3;4-6,13H,1H2,2-3H3;1-2H3/b;7-5+,8-6+;. The molecule has 0 amide bonds. The predicted molar refractivity (Wildman–Crippen MR) is 163 cm³/mol. The number of thioether (sulfide) groups is 1. The van der Waals surface area contributed by atoms with E-state index in [1.54, 1.807) is 36.8 Å². The number of allylic oxidation sites excluding steroid dienone is 5. The zero-order valence-electron chi connectivity index (χ0n) is 24.0. The number of halogens is 4. The number of nitrogens with one attached hydrogen (secondary N) is 1. The van der Waals surface area contributed by atoms with Crippen LogP contribution in [0.2, 0.25) is 5.02 Å². The van der Waals surface area contributed by atoms with Crippen molar-refractivity contribution in [3.63, 3.8) is 0 Å². The van der Waals surface area contributed by atoms with Crippen molar-refractivity contribution in [1.29, 1.82) is 0 Å². The Hall–Kier alpha value is -3.62. The van der Waals surface area contributed by atoms with Crippen LogP contribution in [0.4, 0.5) is 13.2 Å². The van der Waals surface area contributed by atoms with Gasteiger partial charge in [-0.1, -0.05) is 50.2 Å². The fourth-order valence-electron chi connectivity index (χ4n) is 3.58. The van der Waals surface area contributed by atoms with Crippen LogP contribution in [0, 0.1) is 0 Å². The minimum absolute atomic E-state index is 0.0760. The Bertz CT molecular complexity index is 1320. The summed E-state index contributed by atoms with van der Waals surface area (Å²) in [6.07, 6.45) is 8.52. The third-order valence-electron chi connectivity index (χ3n) is 5.62. The number of hydrogen-bond donors (Lipinski definition) is 2. The summed E-state index contributed by atoms with van der Waals surface area (Å²) < 4.78 is 37.4. The van der Waals surface area contributed by atoms with Crippen LogP contribution in [-0.2, 0) is 7.05 Å². The maximum absolute atomic E-state index is 11.9. The van der Waals surface area contributed by atoms with Crippen molar-refractivity contribution in [2.24, 2.45) is 17.3 Å². The van der Waals surface area contributed by atoms with Gasteiger partial charge in [-0.05, 0) is 53.4 Å². The number of tetrazole rings is 1. The molecule has 0 spiro atoms. The zero-order chi connectivity index (χ0) is 31.3. The van der Waals surface area contributed by atoms with E-state index >= 15 is 0 Å². The molecule has 2 N–H and O–H groups in total. The predicted octanol–water partition coefficient (Wildman–Crippen LogP) is 5.39. The highest BCUT2D eigenvalue weighted by molar-refractivity contribution is 8.04. The number of benzene rings is 1. The van der Waals surface area contributed by atoms with E-state index in [9.17, 15) is 18.3 Å². The normalized spacial score (nSPS) is 17.0. The van der Waals surface area contributed by atoms with E-state index < -0.39 is 5.51 Å². The van der Waals surface area contributed by atoms with Gasteiger partial charge in [0.25, 0.3) is 0 Å². The third-order valence-corrected chi connectivity index (χ3v) is 6.64. The first-order chi connectivity index (χ1) is 20.0. The van der Waals surface area contributed by atoms with Crippen molar-refractivity contribution >= 4 is 40.9 Å². The van der Waals surface area contributed by atoms with Crippen molar-refractivity contribution in [1.82, 2.24) is 35.5 Å². The average molecular weight is 626 g/mol. The molecule has 4 rings (SSSR count). The third kappa shape index (κ3) is 10.3. The lowest BCUT2D eigenvalue weighted by atomic mass is 10.0. The molecule has 2 aromatic rings. The highest BCUT2D eigenvalue weighted by Gasteiger charge is 2.33. The monoisotopic (exact) mass is 625 g/mol. The van der Waals surface area contributed by atoms with Crippen LogP contribution in [0.25, 0.3) is 5.57 Å². The lowest BCUT2D eigenvalue weighted by Crippen LogP contribution is -2.38. The Morgan fingerprint density at radius 3 is 2.48 bits per heavy atom. The molecule has 42 heavy (non-hydrogen) atoms. The molecule has 0 bridgehead atoms. The summed E-state index contributed by atoms with van der Waals surface area (Å²) in [5.41, 5.74) is -0.758. The Kier molecular flexibility index (Phi) is 13.8. The largest absolute Gasteiger partial charge is 0.446 e. The molecule has 0 saturated heterocycles. The van der Waals surface area contributed by atoms with E-state index in [1.807, 2.05) is 55.5 Å². The molecule has 0 aliphatic carbocycles. The molecule has 0 fully saturated rings. The summed E-state index contributed by atoms with van der Waals surface area (Å²) in [5.74, 6) is 0.697. The van der Waals surface area contributed by atoms with Gasteiger partial charge in [-0.3, -0.25) is 10.0 Å². The van der Waals surface area contributed by atoms with E-state index in [4.69, 9.17) is 11.6 Å². The number of rotatable bonds is 8. The molecule has 2 aliphatic rings. The Labute approximate surface area is 253 Å². The Morgan fingerprint density at radius 1 is 1.24 bits per heavy atom. The van der Waals surface area contributed by atoms with Crippen molar-refractivity contribution in [2.45, 2.75) is 38.7 Å². The molecule has 15 heteroatoms. The fraction of sp³-hybridized carbons (Fsp3) is 0.370. The molecule has 10 nitrogen and oxygen atoms in total. The van der Waals surface area contributed by atoms with E-state index in [1.165, 1.54) is 12.2 Å². The van der Waals surface area contributed by atoms with Gasteiger partial charge in [-0.2, -0.15) is 23.4 Å². The van der Waals surface area contributed by atoms with Gasteiger partial charge in [-0.25, -0.2) is 4.68 Å². The van der Waals surface area contributed by atoms with Gasteiger partial charge in [0.15, 0.2) is 5.82 Å². The minimum atomic E-state index is -4.26. The van der Waals surface area contributed by atoms with Crippen LogP contribution in [0.3, 0.4) is 0 Å². The molecule has 1 atom stereocenters. The number of aryl methyl sites for hydroxylation is 1. The maximum atomic E-state index is 11.9. The molecule has 3 heterocycles. The number of hydrogen-bond acceptors (Lipinski definition) is 10. The van der Waals surface area contributed by atoms with E-state index in [0.29, 0.717) is 23.8 Å². The number of hydrazone groups is 2. The van der Waals surface area contributed by atoms with Gasteiger partial charge in [0.2, 0.25) is 0 Å². The molecule has 0 radical (unpaired) electrons. The molecule has 1 aromatic heterocycles. The number of nitrogens with zero attached hydrogens (tertiary/aromatic N) is 8. The second-order valence-electron chi connectivity index (χ2n) is 8.42. The quantitative estimate of drug-likeness (QED) is 0.376. The topological polar surface area (TPSA) is 107 Å². The second-order valence-corrected chi connectivity index (χ2v) is 10.00. The van der Waals surface area contributed by atoms with Crippen molar-refractivity contribution < 1.29 is 18.3 Å². The highest BCUT2D eigenvalue weighted by Crippen LogP contribution is 2.36. The Morgan fingerprint density at radius 2 is 1.93 bits per heavy atom. The van der Waals surface area contributed by atoms with Crippen LogP contribution >= 0.6 is 23.4 Å². The van der Waals surface area contributed by atoms with Crippen LogP contribution in [0.15, 0.2) is 76.1 Å². The van der Waals surface area contributed by atoms with E-state index in [-0.39, 0.29) is 29.4 Å². The summed E-state index contributed by atoms with van der Waals surface area (Å²) in [6.45, 7) is 9.43. The van der Waals surface area contributed by atoms with Gasteiger partial charge in [0.1, 0.15) is 12.8 Å². The van der Waals surface area contributed by atoms with Crippen molar-refractivity contribution in [2.75, 3.05) is 20.3 Å². The summed E-state index contributed by atoms with van der Waals surface area (Å²) in [6, 6.07) is 7.34. The van der Waals surface area contributed by atoms with Gasteiger partial charge >= 0.3 is 5.51 Å². The summed E-state index contributed by atoms with van der Waals surface area (Å²) >= 11 is 5.82. The number of aromatic nitrogens is 4. The van der Waals surface area contributed by atoms with Crippen molar-refractivity contribution in [3.05, 3.63) is 82.3 Å². The van der Waals surface area contributed by atoms with Crippen LogP contribution in [-0.4, -0.2) is 79.1 Å². The second kappa shape index (κ2) is 16.7. The highest BCUT2D eigenvalue weighted by atomic mass is 35.5. The molecule has 0 saturated carbocycles. The van der Waals surface area contributed by atoms with Crippen LogP contribution in [0.1, 0.15) is 38.6 Å². The molecular formula is C27H35ClF3N9OS. The van der Waals surface area contributed by atoms with Gasteiger partial charge in [0, 0.05) is 59.7 Å². The lowest BCUT2D eigenvalue weighted by molar-refractivity contribution is -0.0321. The summed E-state index contributed by atoms with van der Waals surface area (Å²) in [5, 5.41) is 37.1. The molecule has 1 unspecified atom stereocenters. The first kappa shape index (κ1) is 34.6. The first-order valence-electron chi connectivity index (χ1n) is 12.9. The van der Waals surface area contributed by atoms with Gasteiger partial charge < -0.3 is 10.4 Å². The Balaban J connectivity index is 0.000000330. The fourth-order valence-corrected chi connectivity index (χ4v) is 4.20. The number of aliphatic hydroxyl groups is 1. The molecule has 1 aromatic carbocycles. The van der Waals surface area contributed by atoms with Crippen molar-refractivity contribution in [3.8, 4) is 0 Å². The van der Waals surface area contributed by atoms with E-state index in [2.05, 4.69) is 37.6 Å². The maximum Gasteiger partial charge on any atom is 0.446 e. The average Bonchev–Trinajstić information content (AvgIpc) is 3.63. The number of alkyl halides is 3. The van der Waals surface area contributed by atoms with E-state index in [0.717, 1.165) is 22.5 Å².